The standard InChI is InChI=1S/C34H46O/c1-8-27-13-15-29(16-14-27)32-20-19-31(24-26(32)7)34(11-4,12-5)30-18-17-28(25(6)23-30)21-22-33(35,9-2)10-3/h13-20,23-24,35H,8-12,21-22H2,1-7H3. The number of aliphatic hydroxyl groups is 1. The summed E-state index contributed by atoms with van der Waals surface area (Å²) in [5.41, 5.74) is 10.3. The van der Waals surface area contributed by atoms with Crippen molar-refractivity contribution in [2.75, 3.05) is 0 Å². The van der Waals surface area contributed by atoms with Crippen LogP contribution in [-0.2, 0) is 18.3 Å². The van der Waals surface area contributed by atoms with Gasteiger partial charge in [0.1, 0.15) is 0 Å². The first-order chi connectivity index (χ1) is 16.8. The SMILES string of the molecule is CCc1ccc(-c2ccc(C(CC)(CC)c3ccc(CCC(O)(CC)CC)c(C)c3)cc2C)cc1. The van der Waals surface area contributed by atoms with E-state index in [1.807, 2.05) is 0 Å². The zero-order chi connectivity index (χ0) is 25.6. The van der Waals surface area contributed by atoms with Gasteiger partial charge in [-0.2, -0.15) is 0 Å². The molecule has 0 saturated heterocycles. The van der Waals surface area contributed by atoms with Crippen molar-refractivity contribution in [2.24, 2.45) is 0 Å². The van der Waals surface area contributed by atoms with Crippen LogP contribution >= 0.6 is 0 Å². The lowest BCUT2D eigenvalue weighted by Crippen LogP contribution is -2.28. The van der Waals surface area contributed by atoms with Gasteiger partial charge in [-0.15, -0.1) is 0 Å². The summed E-state index contributed by atoms with van der Waals surface area (Å²) in [6, 6.07) is 23.2. The molecule has 0 atom stereocenters. The molecule has 0 aliphatic rings. The molecule has 3 rings (SSSR count). The van der Waals surface area contributed by atoms with Crippen molar-refractivity contribution < 1.29 is 5.11 Å². The molecule has 0 heterocycles. The van der Waals surface area contributed by atoms with Gasteiger partial charge in [0.05, 0.1) is 5.60 Å². The van der Waals surface area contributed by atoms with E-state index < -0.39 is 5.60 Å². The highest BCUT2D eigenvalue weighted by Gasteiger charge is 2.31. The molecule has 0 aliphatic carbocycles. The largest absolute Gasteiger partial charge is 0.390 e. The second-order valence-corrected chi connectivity index (χ2v) is 10.4. The average molecular weight is 471 g/mol. The molecule has 3 aromatic rings. The zero-order valence-electron chi connectivity index (χ0n) is 23.2. The first-order valence-electron chi connectivity index (χ1n) is 13.8. The molecule has 0 amide bonds. The molecule has 0 spiro atoms. The van der Waals surface area contributed by atoms with Gasteiger partial charge in [0.15, 0.2) is 0 Å². The van der Waals surface area contributed by atoms with Crippen LogP contribution in [-0.4, -0.2) is 10.7 Å². The lowest BCUT2D eigenvalue weighted by atomic mass is 9.69. The van der Waals surface area contributed by atoms with Crippen molar-refractivity contribution in [2.45, 2.75) is 104 Å². The quantitative estimate of drug-likeness (QED) is 0.296. The molecule has 1 heteroatoms. The van der Waals surface area contributed by atoms with Gasteiger partial charge in [0.2, 0.25) is 0 Å². The summed E-state index contributed by atoms with van der Waals surface area (Å²) < 4.78 is 0. The van der Waals surface area contributed by atoms with Gasteiger partial charge < -0.3 is 5.11 Å². The molecule has 0 radical (unpaired) electrons. The van der Waals surface area contributed by atoms with Crippen LogP contribution < -0.4 is 0 Å². The highest BCUT2D eigenvalue weighted by molar-refractivity contribution is 5.68. The molecule has 35 heavy (non-hydrogen) atoms. The van der Waals surface area contributed by atoms with E-state index in [1.165, 1.54) is 44.5 Å². The number of benzene rings is 3. The van der Waals surface area contributed by atoms with E-state index >= 15 is 0 Å². The van der Waals surface area contributed by atoms with E-state index in [0.717, 1.165) is 44.9 Å². The Labute approximate surface area is 214 Å². The van der Waals surface area contributed by atoms with E-state index in [0.29, 0.717) is 0 Å². The van der Waals surface area contributed by atoms with Crippen molar-refractivity contribution in [1.29, 1.82) is 0 Å². The fourth-order valence-electron chi connectivity index (χ4n) is 5.68. The van der Waals surface area contributed by atoms with E-state index in [2.05, 4.69) is 109 Å². The Morgan fingerprint density at radius 3 is 1.71 bits per heavy atom. The van der Waals surface area contributed by atoms with Gasteiger partial charge >= 0.3 is 0 Å². The van der Waals surface area contributed by atoms with Crippen molar-refractivity contribution in [3.8, 4) is 11.1 Å². The molecule has 0 fully saturated rings. The third kappa shape index (κ3) is 5.72. The smallest absolute Gasteiger partial charge is 0.0645 e. The third-order valence-electron chi connectivity index (χ3n) is 8.73. The van der Waals surface area contributed by atoms with Crippen LogP contribution in [0.3, 0.4) is 0 Å². The number of hydrogen-bond donors (Lipinski definition) is 1. The minimum absolute atomic E-state index is 0.00617. The van der Waals surface area contributed by atoms with Gasteiger partial charge in [-0.3, -0.25) is 0 Å². The maximum absolute atomic E-state index is 10.7. The van der Waals surface area contributed by atoms with Gasteiger partial charge in [0.25, 0.3) is 0 Å². The van der Waals surface area contributed by atoms with Gasteiger partial charge in [0, 0.05) is 5.41 Å². The van der Waals surface area contributed by atoms with Crippen molar-refractivity contribution >= 4 is 0 Å². The second kappa shape index (κ2) is 11.6. The Morgan fingerprint density at radius 1 is 0.657 bits per heavy atom. The van der Waals surface area contributed by atoms with Crippen LogP contribution in [0.5, 0.6) is 0 Å². The predicted octanol–water partition coefficient (Wildman–Crippen LogP) is 9.12. The summed E-state index contributed by atoms with van der Waals surface area (Å²) in [5.74, 6) is 0. The van der Waals surface area contributed by atoms with E-state index in [-0.39, 0.29) is 5.41 Å². The van der Waals surface area contributed by atoms with Gasteiger partial charge in [-0.25, -0.2) is 0 Å². The monoisotopic (exact) mass is 470 g/mol. The minimum Gasteiger partial charge on any atom is -0.390 e. The maximum Gasteiger partial charge on any atom is 0.0645 e. The fourth-order valence-corrected chi connectivity index (χ4v) is 5.68. The Kier molecular flexibility index (Phi) is 9.00. The first-order valence-corrected chi connectivity index (χ1v) is 13.8. The first kappa shape index (κ1) is 27.2. The van der Waals surface area contributed by atoms with Crippen molar-refractivity contribution in [3.05, 3.63) is 94.0 Å². The second-order valence-electron chi connectivity index (χ2n) is 10.4. The normalized spacial score (nSPS) is 12.2. The molecule has 3 aromatic carbocycles. The Morgan fingerprint density at radius 2 is 1.23 bits per heavy atom. The lowest BCUT2D eigenvalue weighted by Gasteiger charge is -2.34. The summed E-state index contributed by atoms with van der Waals surface area (Å²) in [6.07, 6.45) is 6.59. The number of aryl methyl sites for hydroxylation is 4. The molecule has 0 unspecified atom stereocenters. The van der Waals surface area contributed by atoms with Gasteiger partial charge in [-0.05, 0) is 103 Å². The van der Waals surface area contributed by atoms with Crippen molar-refractivity contribution in [3.63, 3.8) is 0 Å². The molecule has 0 aromatic heterocycles. The molecular formula is C34H46O. The molecule has 188 valence electrons. The number of rotatable bonds is 11. The van der Waals surface area contributed by atoms with Crippen LogP contribution in [0.25, 0.3) is 11.1 Å². The Bertz CT molecular complexity index is 1100. The van der Waals surface area contributed by atoms with Gasteiger partial charge in [-0.1, -0.05) is 95.3 Å². The summed E-state index contributed by atoms with van der Waals surface area (Å²) in [4.78, 5) is 0. The van der Waals surface area contributed by atoms with Crippen molar-refractivity contribution in [1.82, 2.24) is 0 Å². The summed E-state index contributed by atoms with van der Waals surface area (Å²) in [7, 11) is 0. The molecule has 0 aliphatic heterocycles. The summed E-state index contributed by atoms with van der Waals surface area (Å²) in [5, 5.41) is 10.7. The highest BCUT2D eigenvalue weighted by atomic mass is 16.3. The predicted molar refractivity (Wildman–Crippen MR) is 152 cm³/mol. The molecule has 0 bridgehead atoms. The maximum atomic E-state index is 10.7. The topological polar surface area (TPSA) is 20.2 Å². The summed E-state index contributed by atoms with van der Waals surface area (Å²) >= 11 is 0. The Balaban J connectivity index is 1.94. The highest BCUT2D eigenvalue weighted by Crippen LogP contribution is 2.41. The van der Waals surface area contributed by atoms with Crippen LogP contribution in [0.15, 0.2) is 60.7 Å². The van der Waals surface area contributed by atoms with Crippen LogP contribution in [0.1, 0.15) is 100 Å². The number of hydrogen-bond acceptors (Lipinski definition) is 1. The van der Waals surface area contributed by atoms with E-state index in [1.54, 1.807) is 0 Å². The van der Waals surface area contributed by atoms with Crippen LogP contribution in [0, 0.1) is 13.8 Å². The van der Waals surface area contributed by atoms with Crippen LogP contribution in [0.2, 0.25) is 0 Å². The fraction of sp³-hybridized carbons (Fsp3) is 0.471. The van der Waals surface area contributed by atoms with Crippen LogP contribution in [0.4, 0.5) is 0 Å². The Hall–Kier alpha value is -2.38. The van der Waals surface area contributed by atoms with E-state index in [9.17, 15) is 5.11 Å². The zero-order valence-corrected chi connectivity index (χ0v) is 23.2. The molecule has 1 nitrogen and oxygen atoms in total. The lowest BCUT2D eigenvalue weighted by molar-refractivity contribution is 0.0239. The van der Waals surface area contributed by atoms with E-state index in [4.69, 9.17) is 0 Å². The molecular weight excluding hydrogens is 424 g/mol. The minimum atomic E-state index is -0.544. The average Bonchev–Trinajstić information content (AvgIpc) is 2.89. The molecule has 1 N–H and O–H groups in total. The third-order valence-corrected chi connectivity index (χ3v) is 8.73. The molecule has 0 saturated carbocycles. The summed E-state index contributed by atoms with van der Waals surface area (Å²) in [6.45, 7) is 15.5.